The lowest BCUT2D eigenvalue weighted by atomic mass is 9.94. The van der Waals surface area contributed by atoms with E-state index in [1.54, 1.807) is 13.8 Å². The summed E-state index contributed by atoms with van der Waals surface area (Å²) in [5.74, 6) is -0.466. The number of alkyl halides is 3. The van der Waals surface area contributed by atoms with Gasteiger partial charge < -0.3 is 8.92 Å². The van der Waals surface area contributed by atoms with E-state index in [0.29, 0.717) is 0 Å². The van der Waals surface area contributed by atoms with Crippen LogP contribution in [0.5, 0.6) is 0 Å². The molecule has 1 aliphatic heterocycles. The fourth-order valence-electron chi connectivity index (χ4n) is 1.58. The molecule has 0 saturated heterocycles. The Labute approximate surface area is 114 Å². The van der Waals surface area contributed by atoms with Gasteiger partial charge in [0.15, 0.2) is 0 Å². The Balaban J connectivity index is 2.96. The lowest BCUT2D eigenvalue weighted by molar-refractivity contribution is -0.0528. The van der Waals surface area contributed by atoms with Gasteiger partial charge in [-0.3, -0.25) is 4.90 Å². The van der Waals surface area contributed by atoms with Crippen LogP contribution in [0.15, 0.2) is 11.8 Å². The number of amides is 1. The van der Waals surface area contributed by atoms with Gasteiger partial charge in [-0.15, -0.1) is 0 Å². The van der Waals surface area contributed by atoms with Gasteiger partial charge in [0.05, 0.1) is 13.7 Å². The first-order valence-corrected chi connectivity index (χ1v) is 6.87. The fraction of sp³-hybridized carbons (Fsp3) is 0.700. The monoisotopic (exact) mass is 317 g/mol. The zero-order valence-corrected chi connectivity index (χ0v) is 11.8. The summed E-state index contributed by atoms with van der Waals surface area (Å²) in [6, 6.07) is 0. The standard InChI is InChI=1S/C10H14F3NO5S/c1-9(2)5-4-7(6-14(9)8(15)18-3)19-20(16,17)10(11,12)13/h4H,5-6H2,1-3H3. The quantitative estimate of drug-likeness (QED) is 0.575. The van der Waals surface area contributed by atoms with Crippen LogP contribution in [0.2, 0.25) is 0 Å². The van der Waals surface area contributed by atoms with Crippen LogP contribution in [-0.4, -0.2) is 44.1 Å². The van der Waals surface area contributed by atoms with Crippen molar-refractivity contribution in [1.82, 2.24) is 4.90 Å². The van der Waals surface area contributed by atoms with E-state index in [-0.39, 0.29) is 6.42 Å². The molecule has 0 N–H and O–H groups in total. The first-order valence-electron chi connectivity index (χ1n) is 5.46. The number of rotatable bonds is 2. The third kappa shape index (κ3) is 3.35. The van der Waals surface area contributed by atoms with Gasteiger partial charge in [-0.25, -0.2) is 4.79 Å². The number of nitrogens with zero attached hydrogens (tertiary/aromatic N) is 1. The Hall–Kier alpha value is -1.45. The van der Waals surface area contributed by atoms with Crippen LogP contribution in [0, 0.1) is 0 Å². The van der Waals surface area contributed by atoms with Crippen LogP contribution in [0.4, 0.5) is 18.0 Å². The number of halogens is 3. The van der Waals surface area contributed by atoms with E-state index >= 15 is 0 Å². The van der Waals surface area contributed by atoms with Gasteiger partial charge in [0.25, 0.3) is 0 Å². The molecule has 0 unspecified atom stereocenters. The minimum atomic E-state index is -5.74. The Morgan fingerprint density at radius 3 is 2.40 bits per heavy atom. The van der Waals surface area contributed by atoms with Gasteiger partial charge in [-0.1, -0.05) is 0 Å². The average Bonchev–Trinajstić information content (AvgIpc) is 2.28. The molecule has 0 aromatic carbocycles. The predicted molar refractivity (Wildman–Crippen MR) is 61.9 cm³/mol. The van der Waals surface area contributed by atoms with Crippen molar-refractivity contribution >= 4 is 16.2 Å². The largest absolute Gasteiger partial charge is 0.534 e. The topological polar surface area (TPSA) is 72.9 Å². The van der Waals surface area contributed by atoms with Crippen molar-refractivity contribution in [2.24, 2.45) is 0 Å². The summed E-state index contributed by atoms with van der Waals surface area (Å²) in [6.07, 6.45) is 0.557. The van der Waals surface area contributed by atoms with Crippen molar-refractivity contribution in [2.75, 3.05) is 13.7 Å². The van der Waals surface area contributed by atoms with Crippen LogP contribution < -0.4 is 0 Å². The molecule has 0 aromatic heterocycles. The van der Waals surface area contributed by atoms with Gasteiger partial charge in [0.1, 0.15) is 5.76 Å². The number of ether oxygens (including phenoxy) is 1. The second-order valence-electron chi connectivity index (χ2n) is 4.73. The summed E-state index contributed by atoms with van der Waals surface area (Å²) < 4.78 is 67.0. The minimum Gasteiger partial charge on any atom is -0.453 e. The summed E-state index contributed by atoms with van der Waals surface area (Å²) in [6.45, 7) is 2.90. The molecule has 116 valence electrons. The maximum Gasteiger partial charge on any atom is 0.534 e. The maximum atomic E-state index is 12.2. The molecule has 0 fully saturated rings. The van der Waals surface area contributed by atoms with E-state index in [9.17, 15) is 26.4 Å². The summed E-state index contributed by atoms with van der Waals surface area (Å²) in [5, 5.41) is 0. The number of carbonyl (C=O) groups excluding carboxylic acids is 1. The highest BCUT2D eigenvalue weighted by Crippen LogP contribution is 2.31. The number of carbonyl (C=O) groups is 1. The van der Waals surface area contributed by atoms with Gasteiger partial charge in [0, 0.05) is 5.54 Å². The smallest absolute Gasteiger partial charge is 0.453 e. The van der Waals surface area contributed by atoms with Crippen LogP contribution in [0.3, 0.4) is 0 Å². The summed E-state index contributed by atoms with van der Waals surface area (Å²) in [4.78, 5) is 12.6. The Morgan fingerprint density at radius 1 is 1.40 bits per heavy atom. The molecule has 1 rings (SSSR count). The molecule has 1 heterocycles. The Kier molecular flexibility index (Phi) is 4.28. The molecule has 10 heteroatoms. The van der Waals surface area contributed by atoms with Crippen molar-refractivity contribution in [2.45, 2.75) is 31.3 Å². The zero-order chi connectivity index (χ0) is 15.8. The molecule has 1 amide bonds. The fourth-order valence-corrected chi connectivity index (χ4v) is 2.08. The number of methoxy groups -OCH3 is 1. The van der Waals surface area contributed by atoms with Crippen molar-refractivity contribution in [3.05, 3.63) is 11.8 Å². The van der Waals surface area contributed by atoms with Crippen molar-refractivity contribution < 1.29 is 35.3 Å². The molecule has 0 saturated carbocycles. The number of hydrogen-bond acceptors (Lipinski definition) is 5. The van der Waals surface area contributed by atoms with Crippen LogP contribution >= 0.6 is 0 Å². The van der Waals surface area contributed by atoms with Crippen LogP contribution in [-0.2, 0) is 19.0 Å². The molecule has 1 aliphatic rings. The van der Waals surface area contributed by atoms with Crippen LogP contribution in [0.25, 0.3) is 0 Å². The highest BCUT2D eigenvalue weighted by molar-refractivity contribution is 7.87. The molecule has 0 radical (unpaired) electrons. The summed E-state index contributed by atoms with van der Waals surface area (Å²) in [7, 11) is -4.62. The first kappa shape index (κ1) is 16.6. The Bertz CT molecular complexity index is 524. The molecule has 20 heavy (non-hydrogen) atoms. The zero-order valence-electron chi connectivity index (χ0n) is 11.0. The van der Waals surface area contributed by atoms with E-state index in [0.717, 1.165) is 12.0 Å². The Morgan fingerprint density at radius 2 is 1.95 bits per heavy atom. The molecule has 0 bridgehead atoms. The van der Waals surface area contributed by atoms with Gasteiger partial charge in [-0.2, -0.15) is 21.6 Å². The maximum absolute atomic E-state index is 12.2. The van der Waals surface area contributed by atoms with Gasteiger partial charge in [-0.05, 0) is 26.3 Å². The van der Waals surface area contributed by atoms with E-state index in [2.05, 4.69) is 8.92 Å². The lowest BCUT2D eigenvalue weighted by Crippen LogP contribution is -2.50. The lowest BCUT2D eigenvalue weighted by Gasteiger charge is -2.40. The molecule has 0 atom stereocenters. The summed E-state index contributed by atoms with van der Waals surface area (Å²) in [5.41, 5.74) is -6.24. The molecular formula is C10H14F3NO5S. The SMILES string of the molecule is COC(=O)N1CC(OS(=O)(=O)C(F)(F)F)=CCC1(C)C. The molecule has 0 spiro atoms. The highest BCUT2D eigenvalue weighted by Gasteiger charge is 2.49. The molecule has 6 nitrogen and oxygen atoms in total. The third-order valence-corrected chi connectivity index (χ3v) is 3.77. The summed E-state index contributed by atoms with van der Waals surface area (Å²) >= 11 is 0. The van der Waals surface area contributed by atoms with Crippen molar-refractivity contribution in [1.29, 1.82) is 0 Å². The normalized spacial score (nSPS) is 19.3. The van der Waals surface area contributed by atoms with Gasteiger partial charge in [0.2, 0.25) is 0 Å². The van der Waals surface area contributed by atoms with E-state index in [4.69, 9.17) is 0 Å². The first-order chi connectivity index (χ1) is 8.90. The molecule has 0 aliphatic carbocycles. The second kappa shape index (κ2) is 5.15. The van der Waals surface area contributed by atoms with E-state index in [1.807, 2.05) is 0 Å². The van der Waals surface area contributed by atoms with Crippen LogP contribution in [0.1, 0.15) is 20.3 Å². The van der Waals surface area contributed by atoms with E-state index in [1.165, 1.54) is 6.08 Å². The van der Waals surface area contributed by atoms with Crippen molar-refractivity contribution in [3.8, 4) is 0 Å². The second-order valence-corrected chi connectivity index (χ2v) is 6.26. The van der Waals surface area contributed by atoms with Gasteiger partial charge >= 0.3 is 21.7 Å². The predicted octanol–water partition coefficient (Wildman–Crippen LogP) is 1.99. The van der Waals surface area contributed by atoms with Crippen molar-refractivity contribution in [3.63, 3.8) is 0 Å². The number of hydrogen-bond donors (Lipinski definition) is 0. The third-order valence-electron chi connectivity index (χ3n) is 2.77. The molecular weight excluding hydrogens is 303 g/mol. The van der Waals surface area contributed by atoms with E-state index < -0.39 is 39.6 Å². The molecule has 0 aromatic rings. The highest BCUT2D eigenvalue weighted by atomic mass is 32.2. The minimum absolute atomic E-state index is 0.130. The average molecular weight is 317 g/mol.